The maximum absolute atomic E-state index is 11.2. The van der Waals surface area contributed by atoms with Crippen LogP contribution < -0.4 is 0 Å². The van der Waals surface area contributed by atoms with Crippen molar-refractivity contribution in [3.05, 3.63) is 0 Å². The van der Waals surface area contributed by atoms with Crippen LogP contribution in [0.1, 0.15) is 19.3 Å². The SMILES string of the molecule is O=S(=O)(O)CCOS(=O)(=O)CCCCCS. The first-order valence-electron chi connectivity index (χ1n) is 4.70. The van der Waals surface area contributed by atoms with Crippen LogP contribution in [-0.2, 0) is 24.4 Å². The Bertz CT molecular complexity index is 371. The van der Waals surface area contributed by atoms with E-state index in [1.807, 2.05) is 0 Å². The lowest BCUT2D eigenvalue weighted by Crippen LogP contribution is -2.17. The first-order valence-corrected chi connectivity index (χ1v) is 8.52. The normalized spacial score (nSPS) is 12.9. The zero-order valence-electron chi connectivity index (χ0n) is 8.70. The summed E-state index contributed by atoms with van der Waals surface area (Å²) in [6.45, 7) is -0.548. The van der Waals surface area contributed by atoms with Crippen LogP contribution in [0.2, 0.25) is 0 Å². The summed E-state index contributed by atoms with van der Waals surface area (Å²) in [7, 11) is -7.86. The average molecular weight is 292 g/mol. The second-order valence-electron chi connectivity index (χ2n) is 3.15. The molecule has 0 atom stereocenters. The Morgan fingerprint density at radius 3 is 2.12 bits per heavy atom. The quantitative estimate of drug-likeness (QED) is 0.275. The fraction of sp³-hybridized carbons (Fsp3) is 1.00. The molecular weight excluding hydrogens is 276 g/mol. The van der Waals surface area contributed by atoms with Crippen LogP contribution in [0.25, 0.3) is 0 Å². The van der Waals surface area contributed by atoms with Gasteiger partial charge < -0.3 is 0 Å². The summed E-state index contributed by atoms with van der Waals surface area (Å²) in [5.41, 5.74) is 0. The summed E-state index contributed by atoms with van der Waals surface area (Å²) < 4.78 is 55.6. The summed E-state index contributed by atoms with van der Waals surface area (Å²) in [5, 5.41) is 0. The predicted octanol–water partition coefficient (Wildman–Crippen LogP) is 0.321. The van der Waals surface area contributed by atoms with Gasteiger partial charge in [0.1, 0.15) is 5.75 Å². The van der Waals surface area contributed by atoms with E-state index in [9.17, 15) is 16.8 Å². The third-order valence-electron chi connectivity index (χ3n) is 1.66. The zero-order valence-corrected chi connectivity index (χ0v) is 11.2. The molecule has 0 amide bonds. The average Bonchev–Trinajstić information content (AvgIpc) is 2.10. The van der Waals surface area contributed by atoms with Gasteiger partial charge in [0.25, 0.3) is 20.2 Å². The molecule has 9 heteroatoms. The van der Waals surface area contributed by atoms with Gasteiger partial charge in [-0.1, -0.05) is 6.42 Å². The summed E-state index contributed by atoms with van der Waals surface area (Å²) in [6, 6.07) is 0. The van der Waals surface area contributed by atoms with Crippen molar-refractivity contribution in [1.82, 2.24) is 0 Å². The third kappa shape index (κ3) is 10.7. The standard InChI is InChI=1S/C7H16O6S3/c8-15(9,10)7-4-13-16(11,12)6-3-1-2-5-14/h14H,1-7H2,(H,8,9,10). The van der Waals surface area contributed by atoms with Gasteiger partial charge in [0.2, 0.25) is 0 Å². The number of thiol groups is 1. The lowest BCUT2D eigenvalue weighted by molar-refractivity contribution is 0.334. The minimum atomic E-state index is -4.18. The van der Waals surface area contributed by atoms with Gasteiger partial charge in [-0.2, -0.15) is 29.5 Å². The fourth-order valence-electron chi connectivity index (χ4n) is 0.893. The maximum Gasteiger partial charge on any atom is 0.267 e. The van der Waals surface area contributed by atoms with Gasteiger partial charge in [-0.05, 0) is 18.6 Å². The van der Waals surface area contributed by atoms with Gasteiger partial charge in [0.05, 0.1) is 12.4 Å². The van der Waals surface area contributed by atoms with Crippen LogP contribution in [0, 0.1) is 0 Å². The second kappa shape index (κ2) is 7.49. The van der Waals surface area contributed by atoms with Gasteiger partial charge in [-0.3, -0.25) is 8.74 Å². The smallest absolute Gasteiger partial charge is 0.267 e. The van der Waals surface area contributed by atoms with E-state index in [1.165, 1.54) is 0 Å². The summed E-state index contributed by atoms with van der Waals surface area (Å²) in [4.78, 5) is 0. The molecule has 0 heterocycles. The fourth-order valence-corrected chi connectivity index (χ4v) is 2.53. The molecule has 0 aromatic heterocycles. The van der Waals surface area contributed by atoms with Crippen molar-refractivity contribution in [2.24, 2.45) is 0 Å². The minimum Gasteiger partial charge on any atom is -0.285 e. The second-order valence-corrected chi connectivity index (χ2v) is 6.93. The Labute approximate surface area is 102 Å². The summed E-state index contributed by atoms with van der Waals surface area (Å²) >= 11 is 3.98. The van der Waals surface area contributed by atoms with Gasteiger partial charge in [0, 0.05) is 0 Å². The van der Waals surface area contributed by atoms with Crippen LogP contribution >= 0.6 is 12.6 Å². The first-order chi connectivity index (χ1) is 7.27. The van der Waals surface area contributed by atoms with Gasteiger partial charge >= 0.3 is 0 Å². The number of rotatable bonds is 9. The molecule has 1 N–H and O–H groups in total. The molecule has 6 nitrogen and oxygen atoms in total. The molecule has 0 radical (unpaired) electrons. The molecule has 0 rings (SSSR count). The molecule has 16 heavy (non-hydrogen) atoms. The predicted molar refractivity (Wildman–Crippen MR) is 63.9 cm³/mol. The largest absolute Gasteiger partial charge is 0.285 e. The van der Waals surface area contributed by atoms with E-state index < -0.39 is 32.6 Å². The van der Waals surface area contributed by atoms with E-state index >= 15 is 0 Å². The molecule has 0 spiro atoms. The van der Waals surface area contributed by atoms with Gasteiger partial charge in [0.15, 0.2) is 0 Å². The molecule has 0 saturated heterocycles. The van der Waals surface area contributed by atoms with E-state index in [0.29, 0.717) is 12.2 Å². The molecule has 0 aliphatic rings. The van der Waals surface area contributed by atoms with Crippen LogP contribution in [0.15, 0.2) is 0 Å². The molecular formula is C7H16O6S3. The first kappa shape index (κ1) is 16.2. The summed E-state index contributed by atoms with van der Waals surface area (Å²) in [6.07, 6.45) is 2.00. The molecule has 0 aliphatic heterocycles. The minimum absolute atomic E-state index is 0.147. The molecule has 0 fully saturated rings. The van der Waals surface area contributed by atoms with E-state index in [4.69, 9.17) is 4.55 Å². The molecule has 0 unspecified atom stereocenters. The number of hydrogen-bond acceptors (Lipinski definition) is 6. The highest BCUT2D eigenvalue weighted by Gasteiger charge is 2.13. The molecule has 0 saturated carbocycles. The van der Waals surface area contributed by atoms with Crippen LogP contribution in [0.4, 0.5) is 0 Å². The molecule has 0 bridgehead atoms. The monoisotopic (exact) mass is 292 g/mol. The molecule has 0 aromatic carbocycles. The highest BCUT2D eigenvalue weighted by molar-refractivity contribution is 7.87. The van der Waals surface area contributed by atoms with Crippen molar-refractivity contribution >= 4 is 32.9 Å². The zero-order chi connectivity index (χ0) is 12.7. The Kier molecular flexibility index (Phi) is 7.57. The van der Waals surface area contributed by atoms with Crippen molar-refractivity contribution in [3.63, 3.8) is 0 Å². The Morgan fingerprint density at radius 1 is 1.00 bits per heavy atom. The Hall–Kier alpha value is 0.170. The third-order valence-corrected chi connectivity index (χ3v) is 3.97. The highest BCUT2D eigenvalue weighted by atomic mass is 32.2. The number of unbranched alkanes of at least 4 members (excludes halogenated alkanes) is 2. The summed E-state index contributed by atoms with van der Waals surface area (Å²) in [5.74, 6) is -0.168. The lowest BCUT2D eigenvalue weighted by atomic mass is 10.3. The Balaban J connectivity index is 3.80. The van der Waals surface area contributed by atoms with E-state index in [0.717, 1.165) is 12.8 Å². The van der Waals surface area contributed by atoms with Crippen molar-refractivity contribution in [3.8, 4) is 0 Å². The lowest BCUT2D eigenvalue weighted by Gasteiger charge is -2.04. The Morgan fingerprint density at radius 2 is 1.62 bits per heavy atom. The molecule has 0 aliphatic carbocycles. The van der Waals surface area contributed by atoms with Crippen LogP contribution in [-0.4, -0.2) is 45.3 Å². The van der Waals surface area contributed by atoms with E-state index in [-0.39, 0.29) is 5.75 Å². The van der Waals surface area contributed by atoms with Crippen LogP contribution in [0.3, 0.4) is 0 Å². The molecule has 0 aromatic rings. The van der Waals surface area contributed by atoms with E-state index in [1.54, 1.807) is 0 Å². The van der Waals surface area contributed by atoms with Crippen molar-refractivity contribution in [2.75, 3.05) is 23.9 Å². The topological polar surface area (TPSA) is 97.7 Å². The van der Waals surface area contributed by atoms with Gasteiger partial charge in [-0.15, -0.1) is 0 Å². The van der Waals surface area contributed by atoms with E-state index in [2.05, 4.69) is 16.8 Å². The van der Waals surface area contributed by atoms with Crippen molar-refractivity contribution in [2.45, 2.75) is 19.3 Å². The molecule has 98 valence electrons. The van der Waals surface area contributed by atoms with Crippen molar-refractivity contribution in [1.29, 1.82) is 0 Å². The van der Waals surface area contributed by atoms with Crippen molar-refractivity contribution < 1.29 is 25.6 Å². The number of hydrogen-bond donors (Lipinski definition) is 2. The van der Waals surface area contributed by atoms with Crippen LogP contribution in [0.5, 0.6) is 0 Å². The maximum atomic E-state index is 11.2. The van der Waals surface area contributed by atoms with Gasteiger partial charge in [-0.25, -0.2) is 0 Å². The highest BCUT2D eigenvalue weighted by Crippen LogP contribution is 2.03.